The van der Waals surface area contributed by atoms with E-state index in [1.165, 1.54) is 4.90 Å². The third-order valence-corrected chi connectivity index (χ3v) is 7.60. The number of rotatable bonds is 6. The number of esters is 1. The molecule has 3 aliphatic heterocycles. The van der Waals surface area contributed by atoms with Crippen molar-refractivity contribution in [1.29, 1.82) is 0 Å². The van der Waals surface area contributed by atoms with Crippen LogP contribution < -0.4 is 5.32 Å². The second kappa shape index (κ2) is 7.85. The number of carbonyl (C=O) groups excluding carboxylic acids is 3. The number of anilines is 1. The number of fused-ring (bicyclic) bond motifs is 1. The fraction of sp³-hybridized carbons (Fsp3) is 0.625. The standard InChI is InChI=1S/C24H32N2O6/c1-6-31-22(30)18-17-21(29)26(9-10-27)19(24(17)12-15(4)23(18,5)32-24)20(28)25-16-11-13(2)7-8-14(16)3/h7-8,11,15,17-19,27H,6,9-10,12H2,1-5H3,(H,25,28)/t15?,17-,18-,19?,23+,24?/m0/s1. The van der Waals surface area contributed by atoms with Crippen molar-refractivity contribution in [2.45, 2.75) is 58.3 Å². The van der Waals surface area contributed by atoms with Gasteiger partial charge in [-0.25, -0.2) is 0 Å². The molecule has 3 heterocycles. The third-order valence-electron chi connectivity index (χ3n) is 7.60. The van der Waals surface area contributed by atoms with Crippen LogP contribution in [0.4, 0.5) is 5.69 Å². The number of hydrogen-bond donors (Lipinski definition) is 2. The van der Waals surface area contributed by atoms with Crippen LogP contribution in [0.3, 0.4) is 0 Å². The van der Waals surface area contributed by atoms with Crippen LogP contribution in [0.15, 0.2) is 18.2 Å². The maximum absolute atomic E-state index is 13.7. The molecular formula is C24H32N2O6. The van der Waals surface area contributed by atoms with Crippen molar-refractivity contribution in [3.8, 4) is 0 Å². The second-order valence-corrected chi connectivity index (χ2v) is 9.52. The van der Waals surface area contributed by atoms with E-state index in [0.717, 1.165) is 11.1 Å². The van der Waals surface area contributed by atoms with E-state index in [4.69, 9.17) is 9.47 Å². The van der Waals surface area contributed by atoms with Gasteiger partial charge in [-0.3, -0.25) is 14.4 Å². The molecule has 174 valence electrons. The van der Waals surface area contributed by atoms with Gasteiger partial charge < -0.3 is 24.8 Å². The van der Waals surface area contributed by atoms with E-state index in [-0.39, 0.29) is 37.5 Å². The van der Waals surface area contributed by atoms with E-state index in [2.05, 4.69) is 5.32 Å². The minimum atomic E-state index is -1.14. The first-order valence-corrected chi connectivity index (χ1v) is 11.3. The number of ether oxygens (including phenoxy) is 2. The van der Waals surface area contributed by atoms with Crippen molar-refractivity contribution in [3.63, 3.8) is 0 Å². The Morgan fingerprint density at radius 1 is 1.34 bits per heavy atom. The van der Waals surface area contributed by atoms with Gasteiger partial charge in [0.1, 0.15) is 17.6 Å². The number of β-amino-alcohol motifs (C(OH)–C–C–N with tert-alkyl or cyclic N) is 1. The molecule has 0 aliphatic carbocycles. The summed E-state index contributed by atoms with van der Waals surface area (Å²) in [5, 5.41) is 12.6. The third kappa shape index (κ3) is 3.07. The summed E-state index contributed by atoms with van der Waals surface area (Å²) in [6, 6.07) is 4.82. The van der Waals surface area contributed by atoms with Crippen LogP contribution >= 0.6 is 0 Å². The molecule has 0 saturated carbocycles. The van der Waals surface area contributed by atoms with E-state index in [0.29, 0.717) is 12.1 Å². The molecule has 1 spiro atoms. The molecule has 3 unspecified atom stereocenters. The van der Waals surface area contributed by atoms with Crippen molar-refractivity contribution in [2.24, 2.45) is 17.8 Å². The first-order chi connectivity index (χ1) is 15.1. The van der Waals surface area contributed by atoms with Crippen LogP contribution in [0.25, 0.3) is 0 Å². The fourth-order valence-corrected chi connectivity index (χ4v) is 6.05. The van der Waals surface area contributed by atoms with Crippen LogP contribution in [-0.2, 0) is 23.9 Å². The van der Waals surface area contributed by atoms with Crippen LogP contribution in [0, 0.1) is 31.6 Å². The lowest BCUT2D eigenvalue weighted by atomic mass is 9.62. The maximum atomic E-state index is 13.7. The first-order valence-electron chi connectivity index (χ1n) is 11.3. The Morgan fingerprint density at radius 2 is 2.06 bits per heavy atom. The van der Waals surface area contributed by atoms with Gasteiger partial charge in [0.2, 0.25) is 11.8 Å². The smallest absolute Gasteiger partial charge is 0.312 e. The Bertz CT molecular complexity index is 964. The van der Waals surface area contributed by atoms with Gasteiger partial charge >= 0.3 is 5.97 Å². The molecular weight excluding hydrogens is 412 g/mol. The highest BCUT2D eigenvalue weighted by atomic mass is 16.6. The van der Waals surface area contributed by atoms with Crippen molar-refractivity contribution >= 4 is 23.5 Å². The highest BCUT2D eigenvalue weighted by Crippen LogP contribution is 2.65. The summed E-state index contributed by atoms with van der Waals surface area (Å²) >= 11 is 0. The number of nitrogens with one attached hydrogen (secondary N) is 1. The van der Waals surface area contributed by atoms with E-state index in [1.54, 1.807) is 6.92 Å². The Hall–Kier alpha value is -2.45. The lowest BCUT2D eigenvalue weighted by Gasteiger charge is -2.35. The number of benzene rings is 1. The Morgan fingerprint density at radius 3 is 2.72 bits per heavy atom. The zero-order valence-corrected chi connectivity index (χ0v) is 19.3. The number of nitrogens with zero attached hydrogens (tertiary/aromatic N) is 1. The number of aryl methyl sites for hydroxylation is 2. The van der Waals surface area contributed by atoms with Gasteiger partial charge in [0.15, 0.2) is 0 Å². The van der Waals surface area contributed by atoms with Gasteiger partial charge in [-0.05, 0) is 57.2 Å². The monoisotopic (exact) mass is 444 g/mol. The minimum absolute atomic E-state index is 0.00797. The highest BCUT2D eigenvalue weighted by molar-refractivity contribution is 6.03. The molecule has 2 N–H and O–H groups in total. The molecule has 32 heavy (non-hydrogen) atoms. The van der Waals surface area contributed by atoms with E-state index in [9.17, 15) is 19.5 Å². The highest BCUT2D eigenvalue weighted by Gasteiger charge is 2.80. The Labute approximate surface area is 188 Å². The van der Waals surface area contributed by atoms with Crippen molar-refractivity contribution in [2.75, 3.05) is 25.1 Å². The number of aliphatic hydroxyl groups is 1. The predicted molar refractivity (Wildman–Crippen MR) is 117 cm³/mol. The molecule has 3 aliphatic rings. The Balaban J connectivity index is 1.76. The number of likely N-dealkylation sites (tertiary alicyclic amines) is 1. The molecule has 1 aromatic carbocycles. The van der Waals surface area contributed by atoms with Gasteiger partial charge in [-0.1, -0.05) is 19.1 Å². The molecule has 4 rings (SSSR count). The van der Waals surface area contributed by atoms with E-state index < -0.39 is 35.0 Å². The van der Waals surface area contributed by atoms with Gasteiger partial charge in [0.25, 0.3) is 0 Å². The second-order valence-electron chi connectivity index (χ2n) is 9.52. The summed E-state index contributed by atoms with van der Waals surface area (Å²) in [5.74, 6) is -2.84. The van der Waals surface area contributed by atoms with E-state index in [1.807, 2.05) is 45.9 Å². The summed E-state index contributed by atoms with van der Waals surface area (Å²) in [6.07, 6.45) is 0.475. The summed E-state index contributed by atoms with van der Waals surface area (Å²) in [4.78, 5) is 41.6. The number of amides is 2. The molecule has 8 nitrogen and oxygen atoms in total. The summed E-state index contributed by atoms with van der Waals surface area (Å²) in [7, 11) is 0. The fourth-order valence-electron chi connectivity index (χ4n) is 6.05. The molecule has 1 aromatic rings. The quantitative estimate of drug-likeness (QED) is 0.649. The molecule has 0 radical (unpaired) electrons. The molecule has 2 bridgehead atoms. The number of hydrogen-bond acceptors (Lipinski definition) is 6. The zero-order valence-electron chi connectivity index (χ0n) is 19.3. The lowest BCUT2D eigenvalue weighted by molar-refractivity contribution is -0.161. The Kier molecular flexibility index (Phi) is 5.57. The van der Waals surface area contributed by atoms with Gasteiger partial charge in [-0.15, -0.1) is 0 Å². The predicted octanol–water partition coefficient (Wildman–Crippen LogP) is 1.81. The molecule has 3 saturated heterocycles. The van der Waals surface area contributed by atoms with E-state index >= 15 is 0 Å². The van der Waals surface area contributed by atoms with Gasteiger partial charge in [-0.2, -0.15) is 0 Å². The number of carbonyl (C=O) groups is 3. The van der Waals surface area contributed by atoms with Crippen LogP contribution in [0.2, 0.25) is 0 Å². The van der Waals surface area contributed by atoms with Gasteiger partial charge in [0.05, 0.1) is 24.7 Å². The SMILES string of the molecule is CCOC(=O)[C@@H]1[C@H]2C(=O)N(CCO)C(C(=O)Nc3cc(C)ccc3C)C23CC(C)[C@@]1(C)O3. The molecule has 6 atom stereocenters. The van der Waals surface area contributed by atoms with Gasteiger partial charge in [0, 0.05) is 12.2 Å². The van der Waals surface area contributed by atoms with Crippen LogP contribution in [0.5, 0.6) is 0 Å². The average Bonchev–Trinajstić information content (AvgIpc) is 3.23. The zero-order chi connectivity index (χ0) is 23.4. The lowest BCUT2D eigenvalue weighted by Crippen LogP contribution is -2.54. The topological polar surface area (TPSA) is 105 Å². The minimum Gasteiger partial charge on any atom is -0.466 e. The summed E-state index contributed by atoms with van der Waals surface area (Å²) in [6.45, 7) is 9.29. The summed E-state index contributed by atoms with van der Waals surface area (Å²) in [5.41, 5.74) is 0.533. The molecule has 3 fully saturated rings. The van der Waals surface area contributed by atoms with Crippen molar-refractivity contribution in [3.05, 3.63) is 29.3 Å². The molecule has 0 aromatic heterocycles. The molecule has 8 heteroatoms. The van der Waals surface area contributed by atoms with Crippen LogP contribution in [0.1, 0.15) is 38.3 Å². The van der Waals surface area contributed by atoms with Crippen molar-refractivity contribution in [1.82, 2.24) is 4.90 Å². The average molecular weight is 445 g/mol. The normalized spacial score (nSPS) is 35.2. The molecule has 2 amide bonds. The first kappa shape index (κ1) is 22.7. The number of aliphatic hydroxyl groups excluding tert-OH is 1. The maximum Gasteiger partial charge on any atom is 0.312 e. The summed E-state index contributed by atoms with van der Waals surface area (Å²) < 4.78 is 11.9. The van der Waals surface area contributed by atoms with Crippen LogP contribution in [-0.4, -0.2) is 64.8 Å². The largest absolute Gasteiger partial charge is 0.466 e. The van der Waals surface area contributed by atoms with Crippen molar-refractivity contribution < 1.29 is 29.0 Å².